The third kappa shape index (κ3) is 2.62. The van der Waals surface area contributed by atoms with E-state index >= 15 is 0 Å². The van der Waals surface area contributed by atoms with E-state index in [0.29, 0.717) is 29.5 Å². The highest BCUT2D eigenvalue weighted by Gasteiger charge is 2.33. The van der Waals surface area contributed by atoms with Crippen molar-refractivity contribution in [2.75, 3.05) is 20.8 Å². The summed E-state index contributed by atoms with van der Waals surface area (Å²) in [6.45, 7) is 0.427. The second-order valence-electron chi connectivity index (χ2n) is 4.43. The van der Waals surface area contributed by atoms with Gasteiger partial charge in [-0.2, -0.15) is 0 Å². The first kappa shape index (κ1) is 14.0. The van der Waals surface area contributed by atoms with Crippen molar-refractivity contribution in [3.8, 4) is 11.5 Å². The number of rotatable bonds is 4. The van der Waals surface area contributed by atoms with Crippen LogP contribution in [-0.4, -0.2) is 31.8 Å². The predicted molar refractivity (Wildman–Crippen MR) is 71.0 cm³/mol. The van der Waals surface area contributed by atoms with Crippen molar-refractivity contribution < 1.29 is 19.4 Å². The molecule has 5 nitrogen and oxygen atoms in total. The van der Waals surface area contributed by atoms with Crippen molar-refractivity contribution in [3.63, 3.8) is 0 Å². The van der Waals surface area contributed by atoms with Crippen LogP contribution >= 0.6 is 11.6 Å². The standard InChI is InChI=1S/C13H16ClNO4/c1-18-10-4-3-8(14)11(12(10)19-2)9-5-7(6-15-9)13(16)17/h3-4,7,9,15H,5-6H2,1-2H3,(H,16,17). The molecule has 2 rings (SSSR count). The lowest BCUT2D eigenvalue weighted by atomic mass is 9.99. The highest BCUT2D eigenvalue weighted by molar-refractivity contribution is 6.31. The molecular weight excluding hydrogens is 270 g/mol. The minimum atomic E-state index is -0.798. The number of benzene rings is 1. The molecule has 2 unspecified atom stereocenters. The minimum absolute atomic E-state index is 0.140. The average Bonchev–Trinajstić information content (AvgIpc) is 2.87. The smallest absolute Gasteiger partial charge is 0.307 e. The van der Waals surface area contributed by atoms with Gasteiger partial charge in [0.15, 0.2) is 11.5 Å². The highest BCUT2D eigenvalue weighted by Crippen LogP contribution is 2.42. The van der Waals surface area contributed by atoms with Crippen LogP contribution in [0.2, 0.25) is 5.02 Å². The van der Waals surface area contributed by atoms with Crippen LogP contribution in [0.3, 0.4) is 0 Å². The number of nitrogens with one attached hydrogen (secondary N) is 1. The van der Waals surface area contributed by atoms with Crippen molar-refractivity contribution in [2.45, 2.75) is 12.5 Å². The Hall–Kier alpha value is -1.46. The van der Waals surface area contributed by atoms with E-state index in [1.54, 1.807) is 26.4 Å². The van der Waals surface area contributed by atoms with Crippen molar-refractivity contribution >= 4 is 17.6 Å². The number of ether oxygens (including phenoxy) is 2. The van der Waals surface area contributed by atoms with E-state index in [1.165, 1.54) is 0 Å². The molecule has 1 aliphatic heterocycles. The van der Waals surface area contributed by atoms with Crippen LogP contribution < -0.4 is 14.8 Å². The Bertz CT molecular complexity index is 492. The molecule has 19 heavy (non-hydrogen) atoms. The number of hydrogen-bond acceptors (Lipinski definition) is 4. The van der Waals surface area contributed by atoms with Crippen LogP contribution in [0.25, 0.3) is 0 Å². The van der Waals surface area contributed by atoms with Gasteiger partial charge in [0.05, 0.1) is 20.1 Å². The molecule has 1 saturated heterocycles. The Kier molecular flexibility index (Phi) is 4.17. The Balaban J connectivity index is 2.37. The molecule has 1 aromatic rings. The van der Waals surface area contributed by atoms with E-state index < -0.39 is 11.9 Å². The number of halogens is 1. The zero-order valence-electron chi connectivity index (χ0n) is 10.8. The summed E-state index contributed by atoms with van der Waals surface area (Å²) < 4.78 is 10.6. The van der Waals surface area contributed by atoms with Gasteiger partial charge in [0.1, 0.15) is 0 Å². The molecule has 2 N–H and O–H groups in total. The molecule has 0 aliphatic carbocycles. The highest BCUT2D eigenvalue weighted by atomic mass is 35.5. The maximum absolute atomic E-state index is 11.0. The molecule has 1 aromatic carbocycles. The average molecular weight is 286 g/mol. The molecule has 1 fully saturated rings. The number of carboxylic acid groups (broad SMARTS) is 1. The maximum Gasteiger partial charge on any atom is 0.307 e. The van der Waals surface area contributed by atoms with Gasteiger partial charge < -0.3 is 19.9 Å². The molecule has 1 aliphatic rings. The van der Waals surface area contributed by atoms with E-state index in [4.69, 9.17) is 26.2 Å². The number of carbonyl (C=O) groups is 1. The lowest BCUT2D eigenvalue weighted by molar-refractivity contribution is -0.141. The normalized spacial score (nSPS) is 22.3. The first-order valence-corrected chi connectivity index (χ1v) is 6.32. The molecule has 0 radical (unpaired) electrons. The first-order chi connectivity index (χ1) is 9.08. The lowest BCUT2D eigenvalue weighted by Crippen LogP contribution is -2.17. The quantitative estimate of drug-likeness (QED) is 0.887. The third-order valence-electron chi connectivity index (χ3n) is 3.36. The zero-order chi connectivity index (χ0) is 14.0. The van der Waals surface area contributed by atoms with E-state index in [1.807, 2.05) is 0 Å². The summed E-state index contributed by atoms with van der Waals surface area (Å²) in [6.07, 6.45) is 0.485. The summed E-state index contributed by atoms with van der Waals surface area (Å²) in [5, 5.41) is 12.8. The fourth-order valence-electron chi connectivity index (χ4n) is 2.40. The fraction of sp³-hybridized carbons (Fsp3) is 0.462. The van der Waals surface area contributed by atoms with Gasteiger partial charge in [-0.25, -0.2) is 0 Å². The molecular formula is C13H16ClNO4. The number of methoxy groups -OCH3 is 2. The Morgan fingerprint density at radius 3 is 2.68 bits per heavy atom. The van der Waals surface area contributed by atoms with Gasteiger partial charge >= 0.3 is 5.97 Å². The monoisotopic (exact) mass is 285 g/mol. The summed E-state index contributed by atoms with van der Waals surface area (Å²) >= 11 is 6.22. The van der Waals surface area contributed by atoms with Crippen molar-refractivity contribution in [1.29, 1.82) is 0 Å². The molecule has 6 heteroatoms. The molecule has 0 amide bonds. The number of hydrogen-bond donors (Lipinski definition) is 2. The summed E-state index contributed by atoms with van der Waals surface area (Å²) in [5.41, 5.74) is 0.757. The fourth-order valence-corrected chi connectivity index (χ4v) is 2.68. The molecule has 0 bridgehead atoms. The molecule has 2 atom stereocenters. The Morgan fingerprint density at radius 2 is 2.16 bits per heavy atom. The van der Waals surface area contributed by atoms with E-state index in [0.717, 1.165) is 5.56 Å². The summed E-state index contributed by atoms with van der Waals surface area (Å²) in [5.74, 6) is -0.0639. The summed E-state index contributed by atoms with van der Waals surface area (Å²) in [4.78, 5) is 11.0. The van der Waals surface area contributed by atoms with Gasteiger partial charge in [-0.05, 0) is 18.6 Å². The van der Waals surface area contributed by atoms with E-state index in [9.17, 15) is 4.79 Å². The second kappa shape index (κ2) is 5.67. The summed E-state index contributed by atoms with van der Waals surface area (Å²) in [7, 11) is 3.10. The number of aliphatic carboxylic acids is 1. The Labute approximate surface area is 116 Å². The van der Waals surface area contributed by atoms with E-state index in [2.05, 4.69) is 5.32 Å². The van der Waals surface area contributed by atoms with Crippen molar-refractivity contribution in [2.24, 2.45) is 5.92 Å². The van der Waals surface area contributed by atoms with Crippen LogP contribution in [0.5, 0.6) is 11.5 Å². The van der Waals surface area contributed by atoms with Gasteiger partial charge in [-0.15, -0.1) is 0 Å². The lowest BCUT2D eigenvalue weighted by Gasteiger charge is -2.19. The minimum Gasteiger partial charge on any atom is -0.493 e. The van der Waals surface area contributed by atoms with Gasteiger partial charge in [0.2, 0.25) is 0 Å². The van der Waals surface area contributed by atoms with Gasteiger partial charge in [-0.3, -0.25) is 4.79 Å². The van der Waals surface area contributed by atoms with Crippen LogP contribution in [0.4, 0.5) is 0 Å². The summed E-state index contributed by atoms with van der Waals surface area (Å²) in [6, 6.07) is 3.32. The van der Waals surface area contributed by atoms with Gasteiger partial charge in [0, 0.05) is 23.2 Å². The van der Waals surface area contributed by atoms with Crippen LogP contribution in [0.15, 0.2) is 12.1 Å². The number of carboxylic acids is 1. The molecule has 0 saturated carbocycles. The Morgan fingerprint density at radius 1 is 1.42 bits per heavy atom. The zero-order valence-corrected chi connectivity index (χ0v) is 11.5. The predicted octanol–water partition coefficient (Wildman–Crippen LogP) is 2.09. The largest absolute Gasteiger partial charge is 0.493 e. The van der Waals surface area contributed by atoms with Crippen molar-refractivity contribution in [1.82, 2.24) is 5.32 Å². The molecule has 1 heterocycles. The maximum atomic E-state index is 11.0. The topological polar surface area (TPSA) is 67.8 Å². The van der Waals surface area contributed by atoms with Crippen LogP contribution in [0.1, 0.15) is 18.0 Å². The SMILES string of the molecule is COc1ccc(Cl)c(C2CC(C(=O)O)CN2)c1OC. The van der Waals surface area contributed by atoms with Gasteiger partial charge in [0.25, 0.3) is 0 Å². The second-order valence-corrected chi connectivity index (χ2v) is 4.84. The molecule has 0 spiro atoms. The third-order valence-corrected chi connectivity index (χ3v) is 3.69. The van der Waals surface area contributed by atoms with Gasteiger partial charge in [-0.1, -0.05) is 11.6 Å². The first-order valence-electron chi connectivity index (χ1n) is 5.95. The molecule has 0 aromatic heterocycles. The van der Waals surface area contributed by atoms with Crippen LogP contribution in [0, 0.1) is 5.92 Å². The molecule has 104 valence electrons. The van der Waals surface area contributed by atoms with Crippen molar-refractivity contribution in [3.05, 3.63) is 22.7 Å². The van der Waals surface area contributed by atoms with Crippen LogP contribution in [-0.2, 0) is 4.79 Å². The van der Waals surface area contributed by atoms with E-state index in [-0.39, 0.29) is 6.04 Å².